The molecule has 0 radical (unpaired) electrons. The summed E-state index contributed by atoms with van der Waals surface area (Å²) in [5, 5.41) is 15.4. The van der Waals surface area contributed by atoms with E-state index in [1.807, 2.05) is 0 Å². The van der Waals surface area contributed by atoms with Crippen molar-refractivity contribution in [1.29, 1.82) is 0 Å². The average molecular weight is 624 g/mol. The summed E-state index contributed by atoms with van der Waals surface area (Å²) in [6.45, 7) is 0. The first-order valence-electron chi connectivity index (χ1n) is 1.88. The van der Waals surface area contributed by atoms with E-state index in [9.17, 15) is 14.4 Å². The van der Waals surface area contributed by atoms with Crippen LogP contribution >= 0.6 is 0 Å². The van der Waals surface area contributed by atoms with Crippen molar-refractivity contribution in [1.82, 2.24) is 0 Å². The molecule has 0 fully saturated rings. The second kappa shape index (κ2) is 17.5. The van der Waals surface area contributed by atoms with E-state index < -0.39 is 18.5 Å². The fourth-order valence-corrected chi connectivity index (χ4v) is 0.163. The summed E-state index contributed by atoms with van der Waals surface area (Å²) < 4.78 is 6.47. The van der Waals surface area contributed by atoms with Crippen molar-refractivity contribution in [2.24, 2.45) is 0 Å². The summed E-state index contributed by atoms with van der Waals surface area (Å²) >= 11 is 0. The van der Waals surface area contributed by atoms with E-state index in [1.54, 1.807) is 0 Å². The minimum atomic E-state index is -1.92. The monoisotopic (exact) mass is 624 g/mol. The molecule has 0 spiro atoms. The third-order valence-corrected chi connectivity index (χ3v) is 0.341. The predicted octanol–water partition coefficient (Wildman–Crippen LogP) is 0.179. The number of hydrogen-bond donors (Lipinski definition) is 2. The van der Waals surface area contributed by atoms with Gasteiger partial charge in [-0.15, -0.1) is 0 Å². The van der Waals surface area contributed by atoms with Crippen LogP contribution in [0.25, 0.3) is 0 Å². The van der Waals surface area contributed by atoms with E-state index in [2.05, 4.69) is 9.47 Å². The molecule has 0 heterocycles. The van der Waals surface area contributed by atoms with Crippen LogP contribution in [0.1, 0.15) is 5.71 Å². The SMILES string of the molecule is O=C(O)OC(=O)OC(=O)O.[Ca+2].[Ca+2].[H-].[H-].[H-].[H-].[Pt].[Pt]. The van der Waals surface area contributed by atoms with Gasteiger partial charge in [-0.1, -0.05) is 0 Å². The van der Waals surface area contributed by atoms with E-state index in [-0.39, 0.29) is 123 Å². The summed E-state index contributed by atoms with van der Waals surface area (Å²) in [4.78, 5) is 28.8. The van der Waals surface area contributed by atoms with Crippen LogP contribution in [0, 0.1) is 0 Å². The van der Waals surface area contributed by atoms with Crippen LogP contribution in [0.3, 0.4) is 0 Å². The number of carbonyl (C=O) groups excluding carboxylic acids is 1. The molecule has 0 aromatic carbocycles. The van der Waals surface area contributed by atoms with E-state index in [0.717, 1.165) is 0 Å². The number of ether oxygens (including phenoxy) is 2. The summed E-state index contributed by atoms with van der Waals surface area (Å²) in [6, 6.07) is 0. The van der Waals surface area contributed by atoms with Gasteiger partial charge >= 0.3 is 93.9 Å². The molecule has 0 aliphatic heterocycles. The van der Waals surface area contributed by atoms with Gasteiger partial charge in [-0.3, -0.25) is 0 Å². The number of rotatable bonds is 0. The van der Waals surface area contributed by atoms with E-state index in [1.165, 1.54) is 0 Å². The normalized spacial score (nSPS) is 5.71. The zero-order chi connectivity index (χ0) is 8.15. The van der Waals surface area contributed by atoms with Crippen LogP contribution < -0.4 is 0 Å². The molecule has 0 amide bonds. The molecular formula is C3H6Ca2O7Pt2. The van der Waals surface area contributed by atoms with Crippen LogP contribution in [0.5, 0.6) is 0 Å². The van der Waals surface area contributed by atoms with Gasteiger partial charge in [0.25, 0.3) is 0 Å². The zero-order valence-electron chi connectivity index (χ0n) is 10.5. The van der Waals surface area contributed by atoms with Gasteiger partial charge in [-0.2, -0.15) is 0 Å². The first-order chi connectivity index (χ1) is 4.52. The number of hydrogen-bond acceptors (Lipinski definition) is 5. The molecule has 0 saturated heterocycles. The van der Waals surface area contributed by atoms with Crippen molar-refractivity contribution in [2.75, 3.05) is 0 Å². The Morgan fingerprint density at radius 3 is 1.21 bits per heavy atom. The Hall–Kier alpha value is 2.11. The second-order valence-electron chi connectivity index (χ2n) is 0.986. The Kier molecular flexibility index (Phi) is 37.2. The minimum absolute atomic E-state index is 0. The Morgan fingerprint density at radius 1 is 0.857 bits per heavy atom. The molecule has 11 heteroatoms. The molecule has 0 aliphatic rings. The van der Waals surface area contributed by atoms with Gasteiger partial charge in [0.2, 0.25) is 0 Å². The fourth-order valence-electron chi connectivity index (χ4n) is 0.163. The molecule has 7 nitrogen and oxygen atoms in total. The topological polar surface area (TPSA) is 110 Å². The molecule has 0 aliphatic carbocycles. The maximum atomic E-state index is 9.86. The largest absolute Gasteiger partial charge is 2.00 e. The van der Waals surface area contributed by atoms with E-state index >= 15 is 0 Å². The third-order valence-electron chi connectivity index (χ3n) is 0.341. The Labute approximate surface area is 173 Å². The molecule has 0 aromatic rings. The van der Waals surface area contributed by atoms with Gasteiger partial charge < -0.3 is 25.4 Å². The van der Waals surface area contributed by atoms with Crippen molar-refractivity contribution in [3.05, 3.63) is 0 Å². The number of carbonyl (C=O) groups is 3. The van der Waals surface area contributed by atoms with Crippen LogP contribution in [0.4, 0.5) is 14.4 Å². The first kappa shape index (κ1) is 29.8. The molecule has 0 rings (SSSR count). The third kappa shape index (κ3) is 23.7. The van der Waals surface area contributed by atoms with Crippen LogP contribution in [0.15, 0.2) is 0 Å². The van der Waals surface area contributed by atoms with Gasteiger partial charge in [0.05, 0.1) is 0 Å². The smallest absolute Gasteiger partial charge is 1.00 e. The molecule has 0 saturated carbocycles. The molecular weight excluding hydrogens is 618 g/mol. The van der Waals surface area contributed by atoms with E-state index in [4.69, 9.17) is 10.2 Å². The van der Waals surface area contributed by atoms with Crippen LogP contribution in [-0.2, 0) is 51.6 Å². The Morgan fingerprint density at radius 2 is 1.07 bits per heavy atom. The predicted molar refractivity (Wildman–Crippen MR) is 39.6 cm³/mol. The summed E-state index contributed by atoms with van der Waals surface area (Å²) in [6.07, 6.45) is -5.64. The molecule has 0 atom stereocenters. The molecule has 0 unspecified atom stereocenters. The van der Waals surface area contributed by atoms with Gasteiger partial charge in [0.15, 0.2) is 0 Å². The molecule has 84 valence electrons. The summed E-state index contributed by atoms with van der Waals surface area (Å²) in [5.74, 6) is 0. The number of carboxylic acid groups (broad SMARTS) is 2. The van der Waals surface area contributed by atoms with Gasteiger partial charge in [0, 0.05) is 42.1 Å². The van der Waals surface area contributed by atoms with Crippen molar-refractivity contribution < 1.29 is 81.9 Å². The van der Waals surface area contributed by atoms with Gasteiger partial charge in [-0.05, 0) is 0 Å². The van der Waals surface area contributed by atoms with Crippen molar-refractivity contribution in [3.63, 3.8) is 0 Å². The summed E-state index contributed by atoms with van der Waals surface area (Å²) in [5.41, 5.74) is 0. The van der Waals surface area contributed by atoms with Crippen molar-refractivity contribution in [2.45, 2.75) is 0 Å². The zero-order valence-corrected chi connectivity index (χ0v) is 15.4. The maximum absolute atomic E-state index is 9.86. The molecule has 0 bridgehead atoms. The first-order valence-corrected chi connectivity index (χ1v) is 1.88. The summed E-state index contributed by atoms with van der Waals surface area (Å²) in [7, 11) is 0. The molecule has 2 N–H and O–H groups in total. The molecule has 14 heavy (non-hydrogen) atoms. The maximum Gasteiger partial charge on any atom is 2.00 e. The Balaban J connectivity index is -0.0000000145. The Bertz CT molecular complexity index is 182. The minimum Gasteiger partial charge on any atom is -1.00 e. The average Bonchev–Trinajstić information content (AvgIpc) is 1.58. The standard InChI is InChI=1S/C3H2O7.2Ca.2Pt.4H/c4-1(5)9-3(8)10-2(6)7;;;;;;;;/h(H,4,5)(H,6,7);;;;;;;;/q;2*+2;;;4*-1. The van der Waals surface area contributed by atoms with E-state index in [0.29, 0.717) is 0 Å². The van der Waals surface area contributed by atoms with Crippen LogP contribution in [-0.4, -0.2) is 104 Å². The van der Waals surface area contributed by atoms with Crippen molar-refractivity contribution in [3.8, 4) is 0 Å². The van der Waals surface area contributed by atoms with Crippen molar-refractivity contribution >= 4 is 93.9 Å². The second-order valence-corrected chi connectivity index (χ2v) is 0.986. The van der Waals surface area contributed by atoms with Crippen LogP contribution in [0.2, 0.25) is 0 Å². The van der Waals surface area contributed by atoms with Gasteiger partial charge in [0.1, 0.15) is 0 Å². The fraction of sp³-hybridized carbons (Fsp3) is 0. The quantitative estimate of drug-likeness (QED) is 0.225. The molecule has 0 aromatic heterocycles. The van der Waals surface area contributed by atoms with Gasteiger partial charge in [-0.25, -0.2) is 14.4 Å².